The predicted molar refractivity (Wildman–Crippen MR) is 143 cm³/mol. The molecule has 0 spiro atoms. The fraction of sp³-hybridized carbons (Fsp3) is 0.222. The number of hydrogen-bond acceptors (Lipinski definition) is 7. The lowest BCUT2D eigenvalue weighted by atomic mass is 10.1. The summed E-state index contributed by atoms with van der Waals surface area (Å²) in [6, 6.07) is 17.7. The normalized spacial score (nSPS) is 14.5. The molecule has 4 rings (SSSR count). The highest BCUT2D eigenvalue weighted by molar-refractivity contribution is 9.10. The first-order valence-corrected chi connectivity index (χ1v) is 13.0. The van der Waals surface area contributed by atoms with E-state index < -0.39 is 23.7 Å². The van der Waals surface area contributed by atoms with E-state index in [4.69, 9.17) is 14.2 Å². The number of fused-ring (bicyclic) bond motifs is 1. The van der Waals surface area contributed by atoms with Crippen molar-refractivity contribution in [1.82, 2.24) is 4.90 Å². The van der Waals surface area contributed by atoms with Crippen molar-refractivity contribution in [2.45, 2.75) is 20.5 Å². The Morgan fingerprint density at radius 2 is 1.81 bits per heavy atom. The van der Waals surface area contributed by atoms with Gasteiger partial charge in [0.25, 0.3) is 11.1 Å². The Hall–Kier alpha value is -3.30. The van der Waals surface area contributed by atoms with Crippen molar-refractivity contribution >= 4 is 61.7 Å². The zero-order chi connectivity index (χ0) is 25.7. The minimum absolute atomic E-state index is 0.175. The van der Waals surface area contributed by atoms with E-state index in [1.165, 1.54) is 0 Å². The maximum atomic E-state index is 12.7. The Labute approximate surface area is 221 Å². The van der Waals surface area contributed by atoms with Crippen LogP contribution in [0.1, 0.15) is 25.0 Å². The maximum absolute atomic E-state index is 12.7. The van der Waals surface area contributed by atoms with Gasteiger partial charge in [-0.1, -0.05) is 42.5 Å². The van der Waals surface area contributed by atoms with E-state index in [1.807, 2.05) is 31.2 Å². The van der Waals surface area contributed by atoms with Gasteiger partial charge in [-0.2, -0.15) is 0 Å². The van der Waals surface area contributed by atoms with Crippen molar-refractivity contribution in [3.05, 3.63) is 75.1 Å². The Morgan fingerprint density at radius 1 is 1.03 bits per heavy atom. The van der Waals surface area contributed by atoms with Crippen LogP contribution in [-0.4, -0.2) is 41.8 Å². The highest BCUT2D eigenvalue weighted by Gasteiger charge is 2.36. The van der Waals surface area contributed by atoms with Crippen molar-refractivity contribution in [3.8, 4) is 11.5 Å². The molecule has 0 radical (unpaired) electrons. The third-order valence-electron chi connectivity index (χ3n) is 5.35. The van der Waals surface area contributed by atoms with Gasteiger partial charge in [-0.25, -0.2) is 0 Å². The van der Waals surface area contributed by atoms with Crippen LogP contribution in [0.3, 0.4) is 0 Å². The van der Waals surface area contributed by atoms with Gasteiger partial charge in [-0.3, -0.25) is 19.3 Å². The summed E-state index contributed by atoms with van der Waals surface area (Å²) in [6.07, 6.45) is 1.60. The SMILES string of the molecule is CCOC(=O)CN1C(=O)S/C(=C/c2cc(Br)c(OCc3cccc4ccccc34)c(OCC)c2)C1=O. The van der Waals surface area contributed by atoms with E-state index in [9.17, 15) is 14.4 Å². The summed E-state index contributed by atoms with van der Waals surface area (Å²) >= 11 is 4.34. The summed E-state index contributed by atoms with van der Waals surface area (Å²) in [4.78, 5) is 37.9. The Balaban J connectivity index is 1.57. The lowest BCUT2D eigenvalue weighted by molar-refractivity contribution is -0.145. The van der Waals surface area contributed by atoms with Gasteiger partial charge < -0.3 is 14.2 Å². The summed E-state index contributed by atoms with van der Waals surface area (Å²) in [5, 5.41) is 1.73. The summed E-state index contributed by atoms with van der Waals surface area (Å²) in [7, 11) is 0. The molecular formula is C27H24BrNO6S. The number of carbonyl (C=O) groups excluding carboxylic acids is 3. The van der Waals surface area contributed by atoms with Crippen LogP contribution in [0.25, 0.3) is 16.8 Å². The Kier molecular flexibility index (Phi) is 8.32. The lowest BCUT2D eigenvalue weighted by Crippen LogP contribution is -2.34. The zero-order valence-corrected chi connectivity index (χ0v) is 22.2. The van der Waals surface area contributed by atoms with E-state index in [1.54, 1.807) is 25.1 Å². The molecule has 1 aliphatic heterocycles. The van der Waals surface area contributed by atoms with Gasteiger partial charge in [-0.15, -0.1) is 0 Å². The average molecular weight is 570 g/mol. The molecule has 0 atom stereocenters. The third kappa shape index (κ3) is 5.74. The first-order chi connectivity index (χ1) is 17.4. The van der Waals surface area contributed by atoms with Crippen LogP contribution >= 0.6 is 27.7 Å². The molecule has 36 heavy (non-hydrogen) atoms. The van der Waals surface area contributed by atoms with Crippen LogP contribution in [0.15, 0.2) is 64.0 Å². The first-order valence-electron chi connectivity index (χ1n) is 11.4. The minimum atomic E-state index is -0.630. The van der Waals surface area contributed by atoms with Crippen molar-refractivity contribution in [3.63, 3.8) is 0 Å². The van der Waals surface area contributed by atoms with E-state index in [-0.39, 0.29) is 11.5 Å². The monoisotopic (exact) mass is 569 g/mol. The molecule has 0 N–H and O–H groups in total. The summed E-state index contributed by atoms with van der Waals surface area (Å²) in [5.74, 6) is -0.125. The van der Waals surface area contributed by atoms with Crippen LogP contribution in [0.4, 0.5) is 4.79 Å². The minimum Gasteiger partial charge on any atom is -0.490 e. The van der Waals surface area contributed by atoms with Crippen LogP contribution < -0.4 is 9.47 Å². The predicted octanol–water partition coefficient (Wildman–Crippen LogP) is 6.18. The van der Waals surface area contributed by atoms with Crippen LogP contribution in [-0.2, 0) is 20.9 Å². The van der Waals surface area contributed by atoms with Crippen molar-refractivity contribution in [2.75, 3.05) is 19.8 Å². The second-order valence-electron chi connectivity index (χ2n) is 7.76. The number of thioether (sulfide) groups is 1. The van der Waals surface area contributed by atoms with E-state index >= 15 is 0 Å². The number of imide groups is 1. The van der Waals surface area contributed by atoms with Gasteiger partial charge in [0, 0.05) is 0 Å². The molecule has 0 unspecified atom stereocenters. The fourth-order valence-electron chi connectivity index (χ4n) is 3.77. The molecule has 3 aromatic rings. The molecule has 0 bridgehead atoms. The molecule has 0 aliphatic carbocycles. The largest absolute Gasteiger partial charge is 0.490 e. The van der Waals surface area contributed by atoms with Crippen molar-refractivity contribution in [2.24, 2.45) is 0 Å². The summed E-state index contributed by atoms with van der Waals surface area (Å²) < 4.78 is 17.5. The zero-order valence-electron chi connectivity index (χ0n) is 19.8. The molecule has 1 aliphatic rings. The number of amides is 2. The topological polar surface area (TPSA) is 82.1 Å². The average Bonchev–Trinajstić information content (AvgIpc) is 3.11. The smallest absolute Gasteiger partial charge is 0.326 e. The fourth-order valence-corrected chi connectivity index (χ4v) is 5.18. The first kappa shape index (κ1) is 25.8. The molecule has 0 aromatic heterocycles. The van der Waals surface area contributed by atoms with E-state index in [2.05, 4.69) is 34.1 Å². The Bertz CT molecular complexity index is 1350. The standard InChI is InChI=1S/C27H24BrNO6S/c1-3-33-22-13-17(14-23-26(31)29(27(32)36-23)15-24(30)34-4-2)12-21(28)25(22)35-16-19-10-7-9-18-8-5-6-11-20(18)19/h5-14H,3-4,15-16H2,1-2H3/b23-14+. The number of benzene rings is 3. The van der Waals surface area contributed by atoms with E-state index in [0.29, 0.717) is 34.7 Å². The molecule has 2 amide bonds. The van der Waals surface area contributed by atoms with Crippen LogP contribution in [0.5, 0.6) is 11.5 Å². The van der Waals surface area contributed by atoms with Gasteiger partial charge in [0.2, 0.25) is 0 Å². The molecule has 9 heteroatoms. The van der Waals surface area contributed by atoms with Crippen LogP contribution in [0.2, 0.25) is 0 Å². The quantitative estimate of drug-likeness (QED) is 0.225. The van der Waals surface area contributed by atoms with Crippen LogP contribution in [0, 0.1) is 0 Å². The number of carbonyl (C=O) groups is 3. The summed E-state index contributed by atoms with van der Waals surface area (Å²) in [5.41, 5.74) is 1.69. The maximum Gasteiger partial charge on any atom is 0.326 e. The highest BCUT2D eigenvalue weighted by atomic mass is 79.9. The molecular weight excluding hydrogens is 546 g/mol. The second kappa shape index (κ2) is 11.6. The van der Waals surface area contributed by atoms with Crippen molar-refractivity contribution < 1.29 is 28.6 Å². The highest BCUT2D eigenvalue weighted by Crippen LogP contribution is 2.40. The third-order valence-corrected chi connectivity index (χ3v) is 6.84. The van der Waals surface area contributed by atoms with Gasteiger partial charge >= 0.3 is 5.97 Å². The summed E-state index contributed by atoms with van der Waals surface area (Å²) in [6.45, 7) is 4.05. The number of hydrogen-bond donors (Lipinski definition) is 0. The number of esters is 1. The molecule has 1 fully saturated rings. The number of halogens is 1. The Morgan fingerprint density at radius 3 is 2.58 bits per heavy atom. The van der Waals surface area contributed by atoms with Gasteiger partial charge in [0.15, 0.2) is 11.5 Å². The second-order valence-corrected chi connectivity index (χ2v) is 9.61. The van der Waals surface area contributed by atoms with Gasteiger partial charge in [0.05, 0.1) is 22.6 Å². The number of nitrogens with zero attached hydrogens (tertiary/aromatic N) is 1. The number of ether oxygens (including phenoxy) is 3. The molecule has 7 nitrogen and oxygen atoms in total. The molecule has 0 saturated carbocycles. The van der Waals surface area contributed by atoms with Gasteiger partial charge in [-0.05, 0) is 81.6 Å². The number of rotatable bonds is 9. The lowest BCUT2D eigenvalue weighted by Gasteiger charge is -2.16. The molecule has 1 heterocycles. The van der Waals surface area contributed by atoms with E-state index in [0.717, 1.165) is 33.0 Å². The van der Waals surface area contributed by atoms with Crippen molar-refractivity contribution in [1.29, 1.82) is 0 Å². The molecule has 1 saturated heterocycles. The molecule has 3 aromatic carbocycles. The molecule has 186 valence electrons. The van der Waals surface area contributed by atoms with Gasteiger partial charge in [0.1, 0.15) is 13.2 Å².